The number of nitrogen functional groups attached to an aromatic ring is 1. The molecule has 0 aliphatic rings. The molecule has 0 spiro atoms. The molecule has 78 valence electrons. The van der Waals surface area contributed by atoms with Crippen molar-refractivity contribution in [3.05, 3.63) is 11.5 Å². The van der Waals surface area contributed by atoms with Crippen LogP contribution in [0.5, 0.6) is 0 Å². The van der Waals surface area contributed by atoms with Gasteiger partial charge in [0.05, 0.1) is 0 Å². The predicted octanol–water partition coefficient (Wildman–Crippen LogP) is 1.95. The molecule has 0 fully saturated rings. The zero-order valence-electron chi connectivity index (χ0n) is 8.66. The van der Waals surface area contributed by atoms with Crippen molar-refractivity contribution < 1.29 is 0 Å². The standard InChI is InChI=1S/C9H15ClN4/c1-4-14(6(2)3)9-7(11)8(10)12-5-13-9/h5-6H,4,11H2,1-3H3. The van der Waals surface area contributed by atoms with Crippen LogP contribution in [0, 0.1) is 0 Å². The van der Waals surface area contributed by atoms with E-state index in [9.17, 15) is 0 Å². The normalized spacial score (nSPS) is 10.6. The molecule has 0 aliphatic carbocycles. The lowest BCUT2D eigenvalue weighted by molar-refractivity contribution is 0.693. The summed E-state index contributed by atoms with van der Waals surface area (Å²) in [4.78, 5) is 10.0. The average molecular weight is 215 g/mol. The molecule has 1 rings (SSSR count). The van der Waals surface area contributed by atoms with Crippen molar-refractivity contribution >= 4 is 23.1 Å². The highest BCUT2D eigenvalue weighted by Gasteiger charge is 2.14. The third-order valence-electron chi connectivity index (χ3n) is 2.05. The van der Waals surface area contributed by atoms with Gasteiger partial charge in [-0.25, -0.2) is 9.97 Å². The average Bonchev–Trinajstić information content (AvgIpc) is 2.13. The van der Waals surface area contributed by atoms with E-state index in [1.165, 1.54) is 6.33 Å². The van der Waals surface area contributed by atoms with Gasteiger partial charge in [0, 0.05) is 12.6 Å². The lowest BCUT2D eigenvalue weighted by atomic mass is 10.3. The number of hydrogen-bond acceptors (Lipinski definition) is 4. The molecule has 0 saturated carbocycles. The van der Waals surface area contributed by atoms with Crippen LogP contribution >= 0.6 is 11.6 Å². The van der Waals surface area contributed by atoms with Crippen LogP contribution in [0.3, 0.4) is 0 Å². The van der Waals surface area contributed by atoms with Gasteiger partial charge in [-0.1, -0.05) is 11.6 Å². The molecule has 0 amide bonds. The molecule has 1 aromatic heterocycles. The number of hydrogen-bond donors (Lipinski definition) is 1. The molecule has 4 nitrogen and oxygen atoms in total. The molecule has 2 N–H and O–H groups in total. The van der Waals surface area contributed by atoms with E-state index in [4.69, 9.17) is 17.3 Å². The van der Waals surface area contributed by atoms with Crippen LogP contribution < -0.4 is 10.6 Å². The van der Waals surface area contributed by atoms with Gasteiger partial charge in [0.1, 0.15) is 12.0 Å². The minimum Gasteiger partial charge on any atom is -0.393 e. The van der Waals surface area contributed by atoms with Crippen molar-refractivity contribution in [3.63, 3.8) is 0 Å². The third kappa shape index (κ3) is 2.07. The first-order valence-corrected chi connectivity index (χ1v) is 4.98. The molecule has 1 heterocycles. The Morgan fingerprint density at radius 3 is 2.64 bits per heavy atom. The van der Waals surface area contributed by atoms with Gasteiger partial charge < -0.3 is 10.6 Å². The fourth-order valence-corrected chi connectivity index (χ4v) is 1.48. The van der Waals surface area contributed by atoms with Crippen molar-refractivity contribution in [1.29, 1.82) is 0 Å². The summed E-state index contributed by atoms with van der Waals surface area (Å²) in [7, 11) is 0. The molecule has 0 bridgehead atoms. The number of anilines is 2. The Hall–Kier alpha value is -1.03. The molecule has 0 atom stereocenters. The summed E-state index contributed by atoms with van der Waals surface area (Å²) < 4.78 is 0. The highest BCUT2D eigenvalue weighted by molar-refractivity contribution is 6.32. The van der Waals surface area contributed by atoms with E-state index < -0.39 is 0 Å². The van der Waals surface area contributed by atoms with Gasteiger partial charge in [0.25, 0.3) is 0 Å². The molecule has 0 aliphatic heterocycles. The van der Waals surface area contributed by atoms with Crippen LogP contribution in [-0.4, -0.2) is 22.6 Å². The first-order valence-electron chi connectivity index (χ1n) is 4.60. The second-order valence-electron chi connectivity index (χ2n) is 3.28. The van der Waals surface area contributed by atoms with Crippen LogP contribution in [0.2, 0.25) is 5.15 Å². The maximum atomic E-state index is 5.82. The molecule has 1 aromatic rings. The van der Waals surface area contributed by atoms with Crippen LogP contribution in [0.1, 0.15) is 20.8 Å². The Bertz CT molecular complexity index is 314. The molecule has 0 radical (unpaired) electrons. The molecular weight excluding hydrogens is 200 g/mol. The Morgan fingerprint density at radius 2 is 2.14 bits per heavy atom. The number of rotatable bonds is 3. The van der Waals surface area contributed by atoms with Gasteiger partial charge in [-0.2, -0.15) is 0 Å². The Labute approximate surface area is 89.1 Å². The SMILES string of the molecule is CCN(c1ncnc(Cl)c1N)C(C)C. The Morgan fingerprint density at radius 1 is 1.50 bits per heavy atom. The molecule has 0 saturated heterocycles. The fraction of sp³-hybridized carbons (Fsp3) is 0.556. The van der Waals surface area contributed by atoms with Gasteiger partial charge in [0.2, 0.25) is 0 Å². The zero-order chi connectivity index (χ0) is 10.7. The van der Waals surface area contributed by atoms with Gasteiger partial charge >= 0.3 is 0 Å². The molecule has 0 aromatic carbocycles. The number of aromatic nitrogens is 2. The quantitative estimate of drug-likeness (QED) is 0.782. The summed E-state index contributed by atoms with van der Waals surface area (Å²) in [5.41, 5.74) is 6.25. The van der Waals surface area contributed by atoms with Crippen molar-refractivity contribution in [2.75, 3.05) is 17.2 Å². The number of halogens is 1. The molecule has 14 heavy (non-hydrogen) atoms. The Kier molecular flexibility index (Phi) is 3.52. The summed E-state index contributed by atoms with van der Waals surface area (Å²) in [6, 6.07) is 0.341. The monoisotopic (exact) mass is 214 g/mol. The second kappa shape index (κ2) is 4.46. The molecule has 5 heteroatoms. The van der Waals surface area contributed by atoms with Crippen LogP contribution in [-0.2, 0) is 0 Å². The summed E-state index contributed by atoms with van der Waals surface area (Å²) in [6.45, 7) is 7.06. The van der Waals surface area contributed by atoms with E-state index in [1.807, 2.05) is 0 Å². The Balaban J connectivity index is 3.10. The largest absolute Gasteiger partial charge is 0.393 e. The topological polar surface area (TPSA) is 55.0 Å². The van der Waals surface area contributed by atoms with Crippen LogP contribution in [0.15, 0.2) is 6.33 Å². The van der Waals surface area contributed by atoms with E-state index in [0.717, 1.165) is 6.54 Å². The zero-order valence-corrected chi connectivity index (χ0v) is 9.41. The van der Waals surface area contributed by atoms with Gasteiger partial charge in [-0.05, 0) is 20.8 Å². The highest BCUT2D eigenvalue weighted by Crippen LogP contribution is 2.26. The van der Waals surface area contributed by atoms with Gasteiger partial charge in [0.15, 0.2) is 11.0 Å². The smallest absolute Gasteiger partial charge is 0.157 e. The van der Waals surface area contributed by atoms with Gasteiger partial charge in [-0.15, -0.1) is 0 Å². The summed E-state index contributed by atoms with van der Waals surface area (Å²) in [5, 5.41) is 0.314. The minimum atomic E-state index is 0.314. The van der Waals surface area contributed by atoms with Gasteiger partial charge in [-0.3, -0.25) is 0 Å². The van der Waals surface area contributed by atoms with Crippen LogP contribution in [0.25, 0.3) is 0 Å². The first-order chi connectivity index (χ1) is 6.57. The van der Waals surface area contributed by atoms with Crippen molar-refractivity contribution in [1.82, 2.24) is 9.97 Å². The molecular formula is C9H15ClN4. The molecule has 0 unspecified atom stereocenters. The lowest BCUT2D eigenvalue weighted by Crippen LogP contribution is -2.32. The van der Waals surface area contributed by atoms with E-state index in [-0.39, 0.29) is 0 Å². The minimum absolute atomic E-state index is 0.314. The van der Waals surface area contributed by atoms with E-state index in [0.29, 0.717) is 22.7 Å². The first kappa shape index (κ1) is 11.0. The predicted molar refractivity (Wildman–Crippen MR) is 59.6 cm³/mol. The number of nitrogens with zero attached hydrogens (tertiary/aromatic N) is 3. The maximum absolute atomic E-state index is 5.82. The third-order valence-corrected chi connectivity index (χ3v) is 2.35. The summed E-state index contributed by atoms with van der Waals surface area (Å²) >= 11 is 5.82. The lowest BCUT2D eigenvalue weighted by Gasteiger charge is -2.27. The van der Waals surface area contributed by atoms with E-state index in [2.05, 4.69) is 35.6 Å². The van der Waals surface area contributed by atoms with Crippen molar-refractivity contribution in [2.24, 2.45) is 0 Å². The maximum Gasteiger partial charge on any atom is 0.157 e. The fourth-order valence-electron chi connectivity index (χ4n) is 1.35. The second-order valence-corrected chi connectivity index (χ2v) is 3.64. The van der Waals surface area contributed by atoms with E-state index >= 15 is 0 Å². The highest BCUT2D eigenvalue weighted by atomic mass is 35.5. The van der Waals surface area contributed by atoms with Crippen molar-refractivity contribution in [2.45, 2.75) is 26.8 Å². The van der Waals surface area contributed by atoms with Crippen molar-refractivity contribution in [3.8, 4) is 0 Å². The van der Waals surface area contributed by atoms with Crippen LogP contribution in [0.4, 0.5) is 11.5 Å². The number of nitrogens with two attached hydrogens (primary N) is 1. The summed E-state index contributed by atoms with van der Waals surface area (Å²) in [6.07, 6.45) is 1.43. The van der Waals surface area contributed by atoms with E-state index in [1.54, 1.807) is 0 Å². The summed E-state index contributed by atoms with van der Waals surface area (Å²) in [5.74, 6) is 0.711.